The Kier molecular flexibility index (Phi) is 9.32. The van der Waals surface area contributed by atoms with Gasteiger partial charge in [-0.05, 0) is 118 Å². The van der Waals surface area contributed by atoms with Crippen LogP contribution in [0.3, 0.4) is 0 Å². The summed E-state index contributed by atoms with van der Waals surface area (Å²) in [5, 5.41) is 9.94. The molecule has 0 amide bonds. The van der Waals surface area contributed by atoms with Gasteiger partial charge in [0.15, 0.2) is 0 Å². The van der Waals surface area contributed by atoms with Crippen molar-refractivity contribution in [3.8, 4) is 16.8 Å². The van der Waals surface area contributed by atoms with Gasteiger partial charge in [0.05, 0.1) is 28.1 Å². The van der Waals surface area contributed by atoms with Crippen molar-refractivity contribution in [3.63, 3.8) is 0 Å². The van der Waals surface area contributed by atoms with Gasteiger partial charge in [-0.2, -0.15) is 0 Å². The minimum Gasteiger partial charge on any atom is -0.456 e. The SMILES string of the molecule is CCC1/C(c2cccc(-c3ccccc3)c2)=N\C(c2cc(-n3c4ccccc4c4cc5ccccc5cc43)c3c(c2)oc2ccccc23)C(C)CCC1c1cccc2c1sc1ccccc12. The number of hydrogen-bond acceptors (Lipinski definition) is 3. The fraction of sp³-hybridized carbons (Fsp3) is 0.145. The van der Waals surface area contributed by atoms with Gasteiger partial charge in [0.25, 0.3) is 0 Å². The molecule has 318 valence electrons. The molecule has 9 aromatic carbocycles. The third-order valence-corrected chi connectivity index (χ3v) is 16.0. The first-order valence-corrected chi connectivity index (χ1v) is 24.4. The maximum absolute atomic E-state index is 6.91. The minimum atomic E-state index is -0.110. The van der Waals surface area contributed by atoms with E-state index in [1.54, 1.807) is 0 Å². The van der Waals surface area contributed by atoms with E-state index in [0.717, 1.165) is 46.9 Å². The van der Waals surface area contributed by atoms with Gasteiger partial charge in [-0.15, -0.1) is 11.3 Å². The van der Waals surface area contributed by atoms with Gasteiger partial charge in [0.2, 0.25) is 0 Å². The molecule has 0 saturated carbocycles. The molecule has 0 radical (unpaired) electrons. The predicted octanol–water partition coefficient (Wildman–Crippen LogP) is 17.6. The molecular weight excluding hydrogens is 821 g/mol. The molecule has 0 spiro atoms. The van der Waals surface area contributed by atoms with Crippen LogP contribution >= 0.6 is 11.3 Å². The van der Waals surface area contributed by atoms with Crippen LogP contribution in [-0.4, -0.2) is 10.3 Å². The van der Waals surface area contributed by atoms with E-state index in [4.69, 9.17) is 9.41 Å². The topological polar surface area (TPSA) is 30.4 Å². The number of aromatic nitrogens is 1. The maximum Gasteiger partial charge on any atom is 0.137 e. The van der Waals surface area contributed by atoms with Crippen molar-refractivity contribution in [2.75, 3.05) is 0 Å². The molecule has 4 heterocycles. The van der Waals surface area contributed by atoms with Gasteiger partial charge >= 0.3 is 0 Å². The molecule has 1 aliphatic heterocycles. The predicted molar refractivity (Wildman–Crippen MR) is 281 cm³/mol. The normalized spacial score (nSPS) is 19.0. The standard InChI is InChI=1S/C62H48N2OS/c1-3-45-46(49-26-16-27-50-48-24-11-14-30-58(48)66-62(49)50)32-31-38(2)60(63-61(45)43-22-15-21-40(33-43)39-17-5-4-6-18-39)44-36-55(59-51-25-10-13-29-56(51)65-57(59)37-44)64-53-28-12-9-23-47(53)52-34-41-19-7-8-20-42(41)35-54(52)64/h4-30,33-38,45-46,60H,3,31-32H2,1-2H3/b63-61-. The van der Waals surface area contributed by atoms with Crippen LogP contribution in [0.25, 0.3) is 91.5 Å². The molecular formula is C62H48N2OS. The van der Waals surface area contributed by atoms with Gasteiger partial charge in [0, 0.05) is 48.0 Å². The number of nitrogens with zero attached hydrogens (tertiary/aromatic N) is 2. The summed E-state index contributed by atoms with van der Waals surface area (Å²) in [7, 11) is 0. The highest BCUT2D eigenvalue weighted by atomic mass is 32.1. The van der Waals surface area contributed by atoms with Gasteiger partial charge in [-0.25, -0.2) is 0 Å². The number of furan rings is 1. The van der Waals surface area contributed by atoms with E-state index in [1.807, 2.05) is 11.3 Å². The fourth-order valence-electron chi connectivity index (χ4n) is 11.6. The van der Waals surface area contributed by atoms with Gasteiger partial charge < -0.3 is 8.98 Å². The van der Waals surface area contributed by atoms with Crippen LogP contribution in [0.1, 0.15) is 61.8 Å². The molecule has 4 atom stereocenters. The summed E-state index contributed by atoms with van der Waals surface area (Å²) in [5.74, 6) is 0.744. The van der Waals surface area contributed by atoms with Crippen molar-refractivity contribution in [1.29, 1.82) is 0 Å². The molecule has 0 aliphatic carbocycles. The van der Waals surface area contributed by atoms with Gasteiger partial charge in [-0.1, -0.05) is 159 Å². The summed E-state index contributed by atoms with van der Waals surface area (Å²) in [6.07, 6.45) is 3.09. The Morgan fingerprint density at radius 1 is 0.561 bits per heavy atom. The van der Waals surface area contributed by atoms with Gasteiger partial charge in [-0.3, -0.25) is 4.99 Å². The Hall–Kier alpha value is -7.27. The molecule has 12 aromatic rings. The van der Waals surface area contributed by atoms with Crippen LogP contribution in [0.5, 0.6) is 0 Å². The van der Waals surface area contributed by atoms with Crippen LogP contribution in [-0.2, 0) is 0 Å². The third-order valence-electron chi connectivity index (χ3n) is 14.7. The fourth-order valence-corrected chi connectivity index (χ4v) is 12.9. The van der Waals surface area contributed by atoms with Crippen molar-refractivity contribution < 1.29 is 4.42 Å². The lowest BCUT2D eigenvalue weighted by Gasteiger charge is -2.35. The smallest absolute Gasteiger partial charge is 0.137 e. The van der Waals surface area contributed by atoms with E-state index in [0.29, 0.717) is 5.92 Å². The number of para-hydroxylation sites is 2. The highest BCUT2D eigenvalue weighted by molar-refractivity contribution is 7.26. The molecule has 4 heteroatoms. The maximum atomic E-state index is 6.91. The zero-order valence-corrected chi connectivity index (χ0v) is 37.9. The second kappa shape index (κ2) is 15.7. The molecule has 4 unspecified atom stereocenters. The van der Waals surface area contributed by atoms with Crippen molar-refractivity contribution in [3.05, 3.63) is 211 Å². The van der Waals surface area contributed by atoms with Crippen molar-refractivity contribution in [1.82, 2.24) is 4.57 Å². The van der Waals surface area contributed by atoms with Crippen LogP contribution < -0.4 is 0 Å². The lowest BCUT2D eigenvalue weighted by atomic mass is 9.73. The number of hydrogen-bond donors (Lipinski definition) is 0. The second-order valence-electron chi connectivity index (χ2n) is 18.5. The summed E-state index contributed by atoms with van der Waals surface area (Å²) < 4.78 is 12.2. The lowest BCUT2D eigenvalue weighted by Crippen LogP contribution is -2.28. The zero-order chi connectivity index (χ0) is 43.9. The molecule has 3 nitrogen and oxygen atoms in total. The average Bonchev–Trinajstić information content (AvgIpc) is 4.04. The van der Waals surface area contributed by atoms with Gasteiger partial charge in [0.1, 0.15) is 11.2 Å². The second-order valence-corrected chi connectivity index (χ2v) is 19.5. The van der Waals surface area contributed by atoms with Crippen LogP contribution in [0.4, 0.5) is 0 Å². The van der Waals surface area contributed by atoms with Crippen molar-refractivity contribution in [2.24, 2.45) is 16.8 Å². The van der Waals surface area contributed by atoms with E-state index < -0.39 is 0 Å². The van der Waals surface area contributed by atoms with Crippen molar-refractivity contribution in [2.45, 2.75) is 45.1 Å². The Balaban J connectivity index is 1.06. The highest BCUT2D eigenvalue weighted by Crippen LogP contribution is 2.48. The summed E-state index contributed by atoms with van der Waals surface area (Å²) in [6.45, 7) is 4.81. The Bertz CT molecular complexity index is 3870. The first-order valence-electron chi connectivity index (χ1n) is 23.6. The van der Waals surface area contributed by atoms with E-state index in [2.05, 4.69) is 213 Å². The number of fused-ring (bicyclic) bond motifs is 10. The summed E-state index contributed by atoms with van der Waals surface area (Å²) in [4.78, 5) is 6.16. The van der Waals surface area contributed by atoms with E-state index in [-0.39, 0.29) is 17.9 Å². The lowest BCUT2D eigenvalue weighted by molar-refractivity contribution is 0.363. The molecule has 13 rings (SSSR count). The Morgan fingerprint density at radius 2 is 1.26 bits per heavy atom. The molecule has 1 aliphatic rings. The summed E-state index contributed by atoms with van der Waals surface area (Å²) >= 11 is 1.95. The number of benzene rings is 9. The van der Waals surface area contributed by atoms with E-state index in [9.17, 15) is 0 Å². The molecule has 0 N–H and O–H groups in total. The molecule has 3 aromatic heterocycles. The average molecular weight is 869 g/mol. The number of rotatable bonds is 6. The zero-order valence-electron chi connectivity index (χ0n) is 37.1. The quantitative estimate of drug-likeness (QED) is 0.164. The minimum absolute atomic E-state index is 0.110. The monoisotopic (exact) mass is 868 g/mol. The molecule has 0 saturated heterocycles. The number of aliphatic imine (C=N–C) groups is 1. The Morgan fingerprint density at radius 3 is 2.12 bits per heavy atom. The molecule has 0 fully saturated rings. The largest absolute Gasteiger partial charge is 0.456 e. The first-order chi connectivity index (χ1) is 32.6. The highest BCUT2D eigenvalue weighted by Gasteiger charge is 2.35. The summed E-state index contributed by atoms with van der Waals surface area (Å²) in [5.41, 5.74) is 12.8. The molecule has 0 bridgehead atoms. The van der Waals surface area contributed by atoms with Crippen molar-refractivity contribution >= 4 is 91.7 Å². The Labute approximate surface area is 388 Å². The van der Waals surface area contributed by atoms with Crippen LogP contribution in [0, 0.1) is 11.8 Å². The summed E-state index contributed by atoms with van der Waals surface area (Å²) in [6, 6.07) is 71.5. The molecule has 66 heavy (non-hydrogen) atoms. The first kappa shape index (κ1) is 39.1. The number of thiophene rings is 1. The van der Waals surface area contributed by atoms with E-state index >= 15 is 0 Å². The van der Waals surface area contributed by atoms with Crippen LogP contribution in [0.2, 0.25) is 0 Å². The third kappa shape index (κ3) is 6.26. The van der Waals surface area contributed by atoms with E-state index in [1.165, 1.54) is 86.3 Å². The van der Waals surface area contributed by atoms with Crippen LogP contribution in [0.15, 0.2) is 204 Å².